The first-order chi connectivity index (χ1) is 7.79. The van der Waals surface area contributed by atoms with E-state index < -0.39 is 23.2 Å². The Kier molecular flexibility index (Phi) is 9.51. The molecule has 1 atom stereocenters. The van der Waals surface area contributed by atoms with Crippen LogP contribution in [0.25, 0.3) is 0 Å². The molecule has 0 fully saturated rings. The van der Waals surface area contributed by atoms with E-state index in [-0.39, 0.29) is 34.3 Å². The van der Waals surface area contributed by atoms with E-state index in [9.17, 15) is 0 Å². The van der Waals surface area contributed by atoms with E-state index in [1.165, 1.54) is 6.42 Å². The molecule has 0 spiro atoms. The van der Waals surface area contributed by atoms with Gasteiger partial charge in [-0.3, -0.25) is 0 Å². The Morgan fingerprint density at radius 2 is 2.11 bits per heavy atom. The molecular weight excluding hydrogens is 358 g/mol. The van der Waals surface area contributed by atoms with E-state index in [4.69, 9.17) is 0 Å². The van der Waals surface area contributed by atoms with E-state index in [1.54, 1.807) is 8.48 Å². The number of allylic oxidation sites excluding steroid dienone is 10. The van der Waals surface area contributed by atoms with Crippen LogP contribution in [0.3, 0.4) is 0 Å². The second-order valence-electron chi connectivity index (χ2n) is 4.40. The van der Waals surface area contributed by atoms with E-state index in [1.807, 2.05) is 3.28 Å². The van der Waals surface area contributed by atoms with E-state index in [0.717, 1.165) is 5.54 Å². The van der Waals surface area contributed by atoms with Crippen LogP contribution in [0.1, 0.15) is 20.3 Å². The van der Waals surface area contributed by atoms with Crippen LogP contribution in [0.5, 0.6) is 0 Å². The van der Waals surface area contributed by atoms with Crippen LogP contribution in [0.2, 0.25) is 5.54 Å². The maximum absolute atomic E-state index is 2.44. The predicted molar refractivity (Wildman–Crippen MR) is 85.3 cm³/mol. The molecule has 0 nitrogen and oxygen atoms in total. The van der Waals surface area contributed by atoms with Crippen LogP contribution in [-0.2, 0) is 23.2 Å². The summed E-state index contributed by atoms with van der Waals surface area (Å²) in [5.74, 6) is 0. The minimum absolute atomic E-state index is 0. The van der Waals surface area contributed by atoms with Crippen molar-refractivity contribution in [3.63, 3.8) is 0 Å². The zero-order chi connectivity index (χ0) is 11.4. The van der Waals surface area contributed by atoms with Crippen molar-refractivity contribution >= 4 is 34.3 Å². The van der Waals surface area contributed by atoms with Crippen LogP contribution in [-0.4, -0.2) is 9.52 Å². The summed E-state index contributed by atoms with van der Waals surface area (Å²) < 4.78 is 3.56. The summed E-state index contributed by atoms with van der Waals surface area (Å²) >= 11 is -0.424. The molecular formula is C14H20Cl2SiZr. The Morgan fingerprint density at radius 3 is 2.72 bits per heavy atom. The zero-order valence-electron chi connectivity index (χ0n) is 10.8. The average molecular weight is 379 g/mol. The molecule has 0 bridgehead atoms. The van der Waals surface area contributed by atoms with Crippen molar-refractivity contribution in [2.24, 2.45) is 0 Å². The van der Waals surface area contributed by atoms with Gasteiger partial charge in [-0.15, -0.1) is 24.8 Å². The first-order valence-corrected chi connectivity index (χ1v) is 9.90. The summed E-state index contributed by atoms with van der Waals surface area (Å²) in [6.45, 7) is 4.48. The first kappa shape index (κ1) is 18.4. The standard InChI is InChI=1S/C9H13Si.C5H5.2ClH.Zr/c1-3-8(2)10-9-6-4-5-7-9;1-2-4-5-3-1;;;/h3-6,9H,10H2,1-2H3;1-3H,4H2;2*1H;. The summed E-state index contributed by atoms with van der Waals surface area (Å²) in [7, 11) is -0.0723. The van der Waals surface area contributed by atoms with Gasteiger partial charge in [0.05, 0.1) is 0 Å². The SMILES string of the molecule is CC=C(C)[SiH2]C1C=CC=[C]1[Zr][C]1=CC=CC1.Cl.Cl. The topological polar surface area (TPSA) is 0 Å². The number of hydrogen-bond donors (Lipinski definition) is 0. The van der Waals surface area contributed by atoms with Gasteiger partial charge in [-0.2, -0.15) is 0 Å². The second kappa shape index (κ2) is 9.31. The first-order valence-electron chi connectivity index (χ1n) is 5.92. The third-order valence-corrected chi connectivity index (χ3v) is 10.1. The molecule has 4 heteroatoms. The quantitative estimate of drug-likeness (QED) is 0.647. The van der Waals surface area contributed by atoms with Crippen molar-refractivity contribution in [1.82, 2.24) is 0 Å². The molecule has 0 heterocycles. The van der Waals surface area contributed by atoms with Crippen molar-refractivity contribution in [3.8, 4) is 0 Å². The van der Waals surface area contributed by atoms with Crippen LogP contribution >= 0.6 is 24.8 Å². The van der Waals surface area contributed by atoms with Crippen LogP contribution in [0.15, 0.2) is 54.3 Å². The van der Waals surface area contributed by atoms with Crippen molar-refractivity contribution in [1.29, 1.82) is 0 Å². The van der Waals surface area contributed by atoms with Gasteiger partial charge in [-0.25, -0.2) is 0 Å². The molecule has 0 amide bonds. The average Bonchev–Trinajstić information content (AvgIpc) is 2.92. The smallest absolute Gasteiger partial charge is 0.147 e. The van der Waals surface area contributed by atoms with Gasteiger partial charge in [0.2, 0.25) is 0 Å². The van der Waals surface area contributed by atoms with Crippen molar-refractivity contribution < 1.29 is 23.2 Å². The molecule has 0 saturated carbocycles. The van der Waals surface area contributed by atoms with Gasteiger partial charge in [0.1, 0.15) is 0 Å². The van der Waals surface area contributed by atoms with E-state index in [0.29, 0.717) is 0 Å². The summed E-state index contributed by atoms with van der Waals surface area (Å²) in [5.41, 5.74) is 0.851. The maximum Gasteiger partial charge on any atom is -0.147 e. The Balaban J connectivity index is 0.00000144. The molecule has 18 heavy (non-hydrogen) atoms. The van der Waals surface area contributed by atoms with Crippen LogP contribution < -0.4 is 0 Å². The van der Waals surface area contributed by atoms with Crippen LogP contribution in [0.4, 0.5) is 0 Å². The Labute approximate surface area is 137 Å². The summed E-state index contributed by atoms with van der Waals surface area (Å²) in [6.07, 6.45) is 17.6. The van der Waals surface area contributed by atoms with Gasteiger partial charge in [-0.1, -0.05) is 0 Å². The van der Waals surface area contributed by atoms with Crippen molar-refractivity contribution in [2.45, 2.75) is 25.8 Å². The molecule has 0 aliphatic heterocycles. The predicted octanol–water partition coefficient (Wildman–Crippen LogP) is 4.09. The van der Waals surface area contributed by atoms with Crippen LogP contribution in [0, 0.1) is 0 Å². The fraction of sp³-hybridized carbons (Fsp3) is 0.286. The minimum Gasteiger partial charge on any atom is -0.147 e. The molecule has 0 aromatic carbocycles. The Hall–Kier alpha value is 0.380. The molecule has 0 saturated heterocycles. The largest absolute Gasteiger partial charge is 0.147 e. The monoisotopic (exact) mass is 376 g/mol. The molecule has 2 aliphatic carbocycles. The van der Waals surface area contributed by atoms with Crippen molar-refractivity contribution in [3.05, 3.63) is 54.3 Å². The number of hydrogen-bond acceptors (Lipinski definition) is 0. The van der Waals surface area contributed by atoms with Gasteiger partial charge < -0.3 is 0 Å². The fourth-order valence-electron chi connectivity index (χ4n) is 2.02. The molecule has 98 valence electrons. The van der Waals surface area contributed by atoms with E-state index >= 15 is 0 Å². The summed E-state index contributed by atoms with van der Waals surface area (Å²) in [4.78, 5) is 0. The van der Waals surface area contributed by atoms with Gasteiger partial charge in [0, 0.05) is 0 Å². The number of rotatable bonds is 4. The van der Waals surface area contributed by atoms with Gasteiger partial charge >= 0.3 is 113 Å². The third-order valence-electron chi connectivity index (χ3n) is 3.13. The molecule has 0 radical (unpaired) electrons. The Bertz CT molecular complexity index is 420. The molecule has 0 aromatic heterocycles. The molecule has 2 aliphatic rings. The Morgan fingerprint density at radius 1 is 1.33 bits per heavy atom. The zero-order valence-corrected chi connectivity index (χ0v) is 16.4. The summed E-state index contributed by atoms with van der Waals surface area (Å²) in [5, 5.41) is 1.65. The van der Waals surface area contributed by atoms with Gasteiger partial charge in [-0.05, 0) is 0 Å². The molecule has 0 N–H and O–H groups in total. The molecule has 2 rings (SSSR count). The maximum atomic E-state index is 2.44. The minimum atomic E-state index is -0.424. The van der Waals surface area contributed by atoms with Gasteiger partial charge in [0.25, 0.3) is 0 Å². The normalized spacial score (nSPS) is 21.7. The number of halogens is 2. The molecule has 0 aromatic rings. The third kappa shape index (κ3) is 5.17. The van der Waals surface area contributed by atoms with Gasteiger partial charge in [0.15, 0.2) is 0 Å². The van der Waals surface area contributed by atoms with Crippen molar-refractivity contribution in [2.75, 3.05) is 0 Å². The molecule has 1 unspecified atom stereocenters. The second-order valence-corrected chi connectivity index (χ2v) is 10.4. The van der Waals surface area contributed by atoms with E-state index in [2.05, 4.69) is 56.4 Å². The summed E-state index contributed by atoms with van der Waals surface area (Å²) in [6, 6.07) is 0. The fourth-order valence-corrected chi connectivity index (χ4v) is 7.99.